The topological polar surface area (TPSA) is 72.8 Å². The van der Waals surface area contributed by atoms with E-state index in [0.717, 1.165) is 19.3 Å². The Bertz CT molecular complexity index is 703. The summed E-state index contributed by atoms with van der Waals surface area (Å²) >= 11 is 0. The van der Waals surface area contributed by atoms with E-state index in [1.165, 1.54) is 38.5 Å². The summed E-state index contributed by atoms with van der Waals surface area (Å²) in [5.41, 5.74) is -0.278. The Hall–Kier alpha value is -2.04. The molecule has 0 saturated heterocycles. The molecule has 0 spiro atoms. The number of esters is 1. The Morgan fingerprint density at radius 2 is 1.69 bits per heavy atom. The molecular weight excluding hydrogens is 332 g/mol. The molecule has 4 fully saturated rings. The second kappa shape index (κ2) is 6.29. The molecule has 0 amide bonds. The van der Waals surface area contributed by atoms with Crippen molar-refractivity contribution in [1.29, 1.82) is 0 Å². The number of methoxy groups -OCH3 is 1. The molecular formula is C21H26O5. The number of hydrogen-bond acceptors (Lipinski definition) is 5. The molecule has 4 aliphatic rings. The Morgan fingerprint density at radius 1 is 1.12 bits per heavy atom. The maximum absolute atomic E-state index is 13.2. The van der Waals surface area contributed by atoms with Crippen molar-refractivity contribution in [2.24, 2.45) is 23.2 Å². The zero-order valence-electron chi connectivity index (χ0n) is 15.4. The van der Waals surface area contributed by atoms with Gasteiger partial charge in [-0.3, -0.25) is 4.79 Å². The highest BCUT2D eigenvalue weighted by Crippen LogP contribution is 2.60. The summed E-state index contributed by atoms with van der Waals surface area (Å²) in [6.45, 7) is 1.66. The highest BCUT2D eigenvalue weighted by atomic mass is 16.5. The van der Waals surface area contributed by atoms with Crippen molar-refractivity contribution >= 4 is 11.8 Å². The summed E-state index contributed by atoms with van der Waals surface area (Å²) in [6, 6.07) is 4.39. The minimum absolute atomic E-state index is 0.0227. The van der Waals surface area contributed by atoms with Crippen LogP contribution in [0.3, 0.4) is 0 Å². The lowest BCUT2D eigenvalue weighted by atomic mass is 9.48. The molecule has 0 unspecified atom stereocenters. The van der Waals surface area contributed by atoms with Crippen molar-refractivity contribution in [3.8, 4) is 11.5 Å². The van der Waals surface area contributed by atoms with E-state index in [-0.39, 0.29) is 22.5 Å². The minimum Gasteiger partial charge on any atom is -0.507 e. The normalized spacial score (nSPS) is 32.9. The average molecular weight is 358 g/mol. The van der Waals surface area contributed by atoms with Crippen molar-refractivity contribution in [3.05, 3.63) is 23.8 Å². The molecule has 4 saturated carbocycles. The predicted octanol–water partition coefficient (Wildman–Crippen LogP) is 3.73. The third kappa shape index (κ3) is 2.87. The molecule has 4 aliphatic carbocycles. The molecule has 5 rings (SSSR count). The summed E-state index contributed by atoms with van der Waals surface area (Å²) < 4.78 is 10.6. The van der Waals surface area contributed by atoms with Crippen LogP contribution >= 0.6 is 0 Å². The lowest BCUT2D eigenvalue weighted by Gasteiger charge is -2.56. The van der Waals surface area contributed by atoms with E-state index in [4.69, 9.17) is 9.47 Å². The van der Waals surface area contributed by atoms with Crippen molar-refractivity contribution in [3.63, 3.8) is 0 Å². The van der Waals surface area contributed by atoms with Gasteiger partial charge in [-0.25, -0.2) is 4.79 Å². The maximum Gasteiger partial charge on any atom is 0.342 e. The maximum atomic E-state index is 13.2. The Balaban J connectivity index is 1.49. The van der Waals surface area contributed by atoms with Gasteiger partial charge in [0, 0.05) is 5.41 Å². The van der Waals surface area contributed by atoms with Crippen LogP contribution in [0, 0.1) is 23.2 Å². The number of rotatable bonds is 5. The summed E-state index contributed by atoms with van der Waals surface area (Å²) in [5.74, 6) is 1.64. The number of carbonyl (C=O) groups excluding carboxylic acids is 2. The lowest BCUT2D eigenvalue weighted by Crippen LogP contribution is -2.52. The fourth-order valence-electron chi connectivity index (χ4n) is 5.93. The van der Waals surface area contributed by atoms with Crippen LogP contribution in [0.1, 0.15) is 55.8 Å². The van der Waals surface area contributed by atoms with Crippen LogP contribution in [0.15, 0.2) is 18.2 Å². The molecule has 1 aromatic carbocycles. The summed E-state index contributed by atoms with van der Waals surface area (Å²) in [7, 11) is 1.49. The first kappa shape index (κ1) is 17.4. The summed E-state index contributed by atoms with van der Waals surface area (Å²) in [5, 5.41) is 9.94. The number of ketones is 1. The predicted molar refractivity (Wildman–Crippen MR) is 95.1 cm³/mol. The molecule has 1 N–H and O–H groups in total. The van der Waals surface area contributed by atoms with Crippen LogP contribution in [0.2, 0.25) is 0 Å². The van der Waals surface area contributed by atoms with E-state index in [0.29, 0.717) is 23.5 Å². The van der Waals surface area contributed by atoms with Gasteiger partial charge in [0.1, 0.15) is 17.1 Å². The molecule has 1 atom stereocenters. The zero-order chi connectivity index (χ0) is 18.5. The third-order valence-electron chi connectivity index (χ3n) is 6.64. The molecule has 5 nitrogen and oxygen atoms in total. The SMILES string of the molecule is COc1ccc(O)c(C(=O)O[C@@H](C)C(=O)C23CC4CC(CC(C4)C2)C3)c1. The van der Waals surface area contributed by atoms with Gasteiger partial charge >= 0.3 is 5.97 Å². The van der Waals surface area contributed by atoms with Gasteiger partial charge in [0.15, 0.2) is 11.9 Å². The fraction of sp³-hybridized carbons (Fsp3) is 0.619. The van der Waals surface area contributed by atoms with Crippen molar-refractivity contribution in [1.82, 2.24) is 0 Å². The average Bonchev–Trinajstić information content (AvgIpc) is 2.60. The number of phenols is 1. The van der Waals surface area contributed by atoms with E-state index in [9.17, 15) is 14.7 Å². The fourth-order valence-corrected chi connectivity index (χ4v) is 5.93. The largest absolute Gasteiger partial charge is 0.507 e. The number of carbonyl (C=O) groups is 2. The molecule has 0 radical (unpaired) electrons. The third-order valence-corrected chi connectivity index (χ3v) is 6.64. The molecule has 4 bridgehead atoms. The van der Waals surface area contributed by atoms with Crippen LogP contribution in [-0.2, 0) is 9.53 Å². The molecule has 0 aromatic heterocycles. The van der Waals surface area contributed by atoms with Gasteiger partial charge in [0.25, 0.3) is 0 Å². The lowest BCUT2D eigenvalue weighted by molar-refractivity contribution is -0.152. The number of Topliss-reactive ketones (excluding diaryl/α,β-unsaturated/α-hetero) is 1. The van der Waals surface area contributed by atoms with Gasteiger partial charge < -0.3 is 14.6 Å². The molecule has 0 aliphatic heterocycles. The second-order valence-electron chi connectivity index (χ2n) is 8.49. The van der Waals surface area contributed by atoms with E-state index in [1.54, 1.807) is 13.0 Å². The molecule has 5 heteroatoms. The Labute approximate surface area is 153 Å². The number of phenolic OH excluding ortho intramolecular Hbond substituents is 1. The van der Waals surface area contributed by atoms with Crippen LogP contribution in [0.25, 0.3) is 0 Å². The van der Waals surface area contributed by atoms with Crippen LogP contribution in [0.5, 0.6) is 11.5 Å². The molecule has 140 valence electrons. The second-order valence-corrected chi connectivity index (χ2v) is 8.49. The van der Waals surface area contributed by atoms with Gasteiger partial charge in [-0.1, -0.05) is 0 Å². The molecule has 0 heterocycles. The molecule has 1 aromatic rings. The van der Waals surface area contributed by atoms with Crippen molar-refractivity contribution in [2.75, 3.05) is 7.11 Å². The smallest absolute Gasteiger partial charge is 0.342 e. The standard InChI is InChI=1S/C21H26O5/c1-12(26-20(24)17-8-16(25-2)3-4-18(17)22)19(23)21-9-13-5-14(10-21)7-15(6-13)11-21/h3-4,8,12-15,22H,5-7,9-11H2,1-2H3/t12-,13?,14?,15?,21?/m0/s1. The Kier molecular flexibility index (Phi) is 4.20. The van der Waals surface area contributed by atoms with Crippen LogP contribution in [-0.4, -0.2) is 30.1 Å². The van der Waals surface area contributed by atoms with Gasteiger partial charge in [-0.2, -0.15) is 0 Å². The summed E-state index contributed by atoms with van der Waals surface area (Å²) in [6.07, 6.45) is 5.83. The monoisotopic (exact) mass is 358 g/mol. The van der Waals surface area contributed by atoms with E-state index >= 15 is 0 Å². The van der Waals surface area contributed by atoms with Gasteiger partial charge in [0.2, 0.25) is 0 Å². The van der Waals surface area contributed by atoms with Crippen LogP contribution < -0.4 is 4.74 Å². The minimum atomic E-state index is -0.802. The van der Waals surface area contributed by atoms with Gasteiger partial charge in [-0.05, 0) is 81.4 Å². The van der Waals surface area contributed by atoms with Crippen molar-refractivity contribution < 1.29 is 24.2 Å². The Morgan fingerprint density at radius 3 is 2.23 bits per heavy atom. The number of hydrogen-bond donors (Lipinski definition) is 1. The number of aromatic hydroxyl groups is 1. The van der Waals surface area contributed by atoms with Crippen LogP contribution in [0.4, 0.5) is 0 Å². The van der Waals surface area contributed by atoms with Crippen molar-refractivity contribution in [2.45, 2.75) is 51.6 Å². The first-order chi connectivity index (χ1) is 12.4. The van der Waals surface area contributed by atoms with E-state index in [2.05, 4.69) is 0 Å². The number of benzene rings is 1. The number of ether oxygens (including phenoxy) is 2. The summed E-state index contributed by atoms with van der Waals surface area (Å²) in [4.78, 5) is 25.7. The van der Waals surface area contributed by atoms with Gasteiger partial charge in [-0.15, -0.1) is 0 Å². The first-order valence-electron chi connectivity index (χ1n) is 9.52. The highest BCUT2D eigenvalue weighted by Gasteiger charge is 2.55. The van der Waals surface area contributed by atoms with E-state index in [1.807, 2.05) is 0 Å². The highest BCUT2D eigenvalue weighted by molar-refractivity contribution is 5.96. The first-order valence-corrected chi connectivity index (χ1v) is 9.52. The van der Waals surface area contributed by atoms with Gasteiger partial charge in [0.05, 0.1) is 7.11 Å². The van der Waals surface area contributed by atoms with E-state index < -0.39 is 12.1 Å². The zero-order valence-corrected chi connectivity index (χ0v) is 15.4. The molecule has 26 heavy (non-hydrogen) atoms. The quantitative estimate of drug-likeness (QED) is 0.812.